The lowest BCUT2D eigenvalue weighted by molar-refractivity contribution is -0.108. The Kier molecular flexibility index (Phi) is 2.71. The van der Waals surface area contributed by atoms with E-state index >= 15 is 0 Å². The first-order valence-electron chi connectivity index (χ1n) is 4.64. The van der Waals surface area contributed by atoms with Gasteiger partial charge in [-0.25, -0.2) is 0 Å². The van der Waals surface area contributed by atoms with E-state index in [1.54, 1.807) is 0 Å². The van der Waals surface area contributed by atoms with Crippen molar-refractivity contribution in [3.8, 4) is 0 Å². The van der Waals surface area contributed by atoms with Gasteiger partial charge in [0.05, 0.1) is 0 Å². The summed E-state index contributed by atoms with van der Waals surface area (Å²) in [5.74, 6) is 0.492. The molecule has 1 atom stereocenters. The minimum atomic E-state index is 0.395. The van der Waals surface area contributed by atoms with Crippen LogP contribution in [0.1, 0.15) is 40.0 Å². The molecule has 1 nitrogen and oxygen atoms in total. The van der Waals surface area contributed by atoms with Crippen molar-refractivity contribution >= 4 is 6.29 Å². The van der Waals surface area contributed by atoms with Gasteiger partial charge in [-0.05, 0) is 31.1 Å². The van der Waals surface area contributed by atoms with Gasteiger partial charge in [0.1, 0.15) is 6.29 Å². The molecule has 1 aliphatic carbocycles. The van der Waals surface area contributed by atoms with Crippen molar-refractivity contribution in [2.75, 3.05) is 0 Å². The third-order valence-electron chi connectivity index (χ3n) is 2.49. The Morgan fingerprint density at radius 3 is 2.83 bits per heavy atom. The van der Waals surface area contributed by atoms with E-state index in [1.165, 1.54) is 12.0 Å². The number of carbonyl (C=O) groups excluding carboxylic acids is 1. The Labute approximate surface area is 74.9 Å². The maximum atomic E-state index is 10.4. The van der Waals surface area contributed by atoms with Crippen LogP contribution in [0.2, 0.25) is 0 Å². The average molecular weight is 166 g/mol. The van der Waals surface area contributed by atoms with E-state index in [0.29, 0.717) is 17.8 Å². The predicted molar refractivity (Wildman–Crippen MR) is 50.9 cm³/mol. The van der Waals surface area contributed by atoms with Crippen molar-refractivity contribution in [2.45, 2.75) is 40.0 Å². The second kappa shape index (κ2) is 3.42. The number of hydrogen-bond donors (Lipinski definition) is 0. The molecule has 0 spiro atoms. The topological polar surface area (TPSA) is 17.1 Å². The van der Waals surface area contributed by atoms with Crippen molar-refractivity contribution in [2.24, 2.45) is 11.3 Å². The molecule has 0 fully saturated rings. The van der Waals surface area contributed by atoms with Crippen LogP contribution in [-0.2, 0) is 4.79 Å². The zero-order chi connectivity index (χ0) is 9.19. The van der Waals surface area contributed by atoms with Crippen LogP contribution >= 0.6 is 0 Å². The summed E-state index contributed by atoms with van der Waals surface area (Å²) in [5.41, 5.74) is 1.84. The Balaban J connectivity index is 2.67. The molecule has 0 aromatic carbocycles. The van der Waals surface area contributed by atoms with Crippen molar-refractivity contribution in [3.05, 3.63) is 11.6 Å². The first kappa shape index (κ1) is 9.50. The van der Waals surface area contributed by atoms with Crippen LogP contribution in [0.4, 0.5) is 0 Å². The molecule has 0 aromatic rings. The third kappa shape index (κ3) is 2.47. The van der Waals surface area contributed by atoms with Crippen molar-refractivity contribution in [3.63, 3.8) is 0 Å². The van der Waals surface area contributed by atoms with Crippen LogP contribution in [0.5, 0.6) is 0 Å². The average Bonchev–Trinajstić information content (AvgIpc) is 1.82. The highest BCUT2D eigenvalue weighted by atomic mass is 16.1. The second-order valence-corrected chi connectivity index (χ2v) is 4.72. The molecule has 1 heteroatoms. The van der Waals surface area contributed by atoms with Gasteiger partial charge in [-0.3, -0.25) is 0 Å². The molecule has 0 aromatic heterocycles. The lowest BCUT2D eigenvalue weighted by Gasteiger charge is -2.33. The third-order valence-corrected chi connectivity index (χ3v) is 2.49. The fourth-order valence-electron chi connectivity index (χ4n) is 2.33. The van der Waals surface area contributed by atoms with Crippen molar-refractivity contribution in [1.82, 2.24) is 0 Å². The van der Waals surface area contributed by atoms with Gasteiger partial charge < -0.3 is 4.79 Å². The summed E-state index contributed by atoms with van der Waals surface area (Å²) in [6, 6.07) is 0. The monoisotopic (exact) mass is 166 g/mol. The van der Waals surface area contributed by atoms with Crippen LogP contribution in [0.25, 0.3) is 0 Å². The summed E-state index contributed by atoms with van der Waals surface area (Å²) in [4.78, 5) is 10.4. The smallest absolute Gasteiger partial charge is 0.120 e. The first-order chi connectivity index (χ1) is 5.53. The van der Waals surface area contributed by atoms with Crippen LogP contribution in [0, 0.1) is 11.3 Å². The molecular formula is C11H18O. The molecule has 0 N–H and O–H groups in total. The molecule has 0 aliphatic heterocycles. The normalized spacial score (nSPS) is 27.9. The van der Waals surface area contributed by atoms with E-state index in [-0.39, 0.29) is 0 Å². The molecule has 0 amide bonds. The van der Waals surface area contributed by atoms with Crippen LogP contribution in [0.15, 0.2) is 11.6 Å². The van der Waals surface area contributed by atoms with Gasteiger partial charge in [0.2, 0.25) is 0 Å². The molecule has 0 radical (unpaired) electrons. The summed E-state index contributed by atoms with van der Waals surface area (Å²) in [6.45, 7) is 6.72. The van der Waals surface area contributed by atoms with Crippen molar-refractivity contribution < 1.29 is 4.79 Å². The van der Waals surface area contributed by atoms with Gasteiger partial charge in [0, 0.05) is 6.42 Å². The summed E-state index contributed by atoms with van der Waals surface area (Å²) >= 11 is 0. The number of carbonyl (C=O) groups is 1. The van der Waals surface area contributed by atoms with Crippen LogP contribution < -0.4 is 0 Å². The number of hydrogen-bond acceptors (Lipinski definition) is 1. The molecule has 12 heavy (non-hydrogen) atoms. The fourth-order valence-corrected chi connectivity index (χ4v) is 2.33. The highest BCUT2D eigenvalue weighted by Gasteiger charge is 2.26. The van der Waals surface area contributed by atoms with Crippen LogP contribution in [0.3, 0.4) is 0 Å². The van der Waals surface area contributed by atoms with E-state index in [9.17, 15) is 4.79 Å². The molecule has 0 heterocycles. The lowest BCUT2D eigenvalue weighted by atomic mass is 9.72. The second-order valence-electron chi connectivity index (χ2n) is 4.72. The van der Waals surface area contributed by atoms with Crippen LogP contribution in [-0.4, -0.2) is 6.29 Å². The van der Waals surface area contributed by atoms with E-state index in [2.05, 4.69) is 26.8 Å². The molecule has 1 aliphatic rings. The minimum Gasteiger partial charge on any atom is -0.303 e. The molecule has 0 saturated carbocycles. The molecular weight excluding hydrogens is 148 g/mol. The summed E-state index contributed by atoms with van der Waals surface area (Å²) in [7, 11) is 0. The largest absolute Gasteiger partial charge is 0.303 e. The Hall–Kier alpha value is -0.590. The van der Waals surface area contributed by atoms with Gasteiger partial charge in [-0.2, -0.15) is 0 Å². The van der Waals surface area contributed by atoms with Crippen molar-refractivity contribution in [1.29, 1.82) is 0 Å². The van der Waals surface area contributed by atoms with Gasteiger partial charge in [0.15, 0.2) is 0 Å². The highest BCUT2D eigenvalue weighted by molar-refractivity contribution is 5.50. The maximum absolute atomic E-state index is 10.4. The molecule has 0 bridgehead atoms. The van der Waals surface area contributed by atoms with E-state index < -0.39 is 0 Å². The summed E-state index contributed by atoms with van der Waals surface area (Å²) in [5, 5.41) is 0. The Bertz CT molecular complexity index is 201. The quantitative estimate of drug-likeness (QED) is 0.455. The number of allylic oxidation sites excluding steroid dienone is 2. The molecule has 68 valence electrons. The van der Waals surface area contributed by atoms with Gasteiger partial charge >= 0.3 is 0 Å². The van der Waals surface area contributed by atoms with E-state index in [4.69, 9.17) is 0 Å². The zero-order valence-corrected chi connectivity index (χ0v) is 8.26. The number of aldehydes is 1. The number of rotatable bonds is 2. The standard InChI is InChI=1S/C11H18O/c1-9-6-10(4-5-12)8-11(2,3)7-9/h5-6,10H,4,7-8H2,1-3H3. The van der Waals surface area contributed by atoms with Gasteiger partial charge in [-0.15, -0.1) is 0 Å². The molecule has 0 saturated heterocycles. The SMILES string of the molecule is CC1=CC(CC=O)CC(C)(C)C1. The lowest BCUT2D eigenvalue weighted by Crippen LogP contribution is -2.21. The summed E-state index contributed by atoms with van der Waals surface area (Å²) < 4.78 is 0. The minimum absolute atomic E-state index is 0.395. The Morgan fingerprint density at radius 2 is 2.33 bits per heavy atom. The predicted octanol–water partition coefficient (Wildman–Crippen LogP) is 2.96. The molecule has 1 unspecified atom stereocenters. The van der Waals surface area contributed by atoms with E-state index in [0.717, 1.165) is 12.7 Å². The Morgan fingerprint density at radius 1 is 1.67 bits per heavy atom. The van der Waals surface area contributed by atoms with Gasteiger partial charge in [0.25, 0.3) is 0 Å². The van der Waals surface area contributed by atoms with Gasteiger partial charge in [-0.1, -0.05) is 25.5 Å². The zero-order valence-electron chi connectivity index (χ0n) is 8.26. The van der Waals surface area contributed by atoms with E-state index in [1.807, 2.05) is 0 Å². The highest BCUT2D eigenvalue weighted by Crippen LogP contribution is 2.38. The fraction of sp³-hybridized carbons (Fsp3) is 0.727. The maximum Gasteiger partial charge on any atom is 0.120 e. The molecule has 1 rings (SSSR count). The first-order valence-corrected chi connectivity index (χ1v) is 4.64. The summed E-state index contributed by atoms with van der Waals surface area (Å²) in [6.07, 6.45) is 6.34.